The molecule has 0 spiro atoms. The number of carbonyl (C=O) groups is 1. The highest BCUT2D eigenvalue weighted by atomic mass is 16.2. The van der Waals surface area contributed by atoms with Gasteiger partial charge < -0.3 is 5.32 Å². The zero-order valence-corrected chi connectivity index (χ0v) is 11.8. The van der Waals surface area contributed by atoms with Gasteiger partial charge in [-0.05, 0) is 25.2 Å². The van der Waals surface area contributed by atoms with Crippen LogP contribution in [-0.2, 0) is 4.79 Å². The van der Waals surface area contributed by atoms with Crippen molar-refractivity contribution in [2.45, 2.75) is 65.2 Å². The molecule has 0 heterocycles. The molecule has 3 heteroatoms. The molecule has 0 aromatic heterocycles. The van der Waals surface area contributed by atoms with Crippen LogP contribution in [0.2, 0.25) is 0 Å². The summed E-state index contributed by atoms with van der Waals surface area (Å²) in [6.45, 7) is 5.09. The molecule has 0 saturated heterocycles. The van der Waals surface area contributed by atoms with E-state index in [1.54, 1.807) is 0 Å². The molecule has 1 aliphatic carbocycles. The lowest BCUT2D eigenvalue weighted by molar-refractivity contribution is -0.128. The third-order valence-corrected chi connectivity index (χ3v) is 4.20. The minimum Gasteiger partial charge on any atom is -0.354 e. The first-order valence-corrected chi connectivity index (χ1v) is 7.38. The van der Waals surface area contributed by atoms with Gasteiger partial charge in [0.1, 0.15) is 5.41 Å². The van der Waals surface area contributed by atoms with E-state index < -0.39 is 5.41 Å². The van der Waals surface area contributed by atoms with Crippen molar-refractivity contribution < 1.29 is 4.79 Å². The topological polar surface area (TPSA) is 52.9 Å². The molecule has 18 heavy (non-hydrogen) atoms. The van der Waals surface area contributed by atoms with E-state index in [2.05, 4.69) is 25.2 Å². The van der Waals surface area contributed by atoms with E-state index in [0.717, 1.165) is 38.6 Å². The summed E-state index contributed by atoms with van der Waals surface area (Å²) >= 11 is 0. The van der Waals surface area contributed by atoms with Crippen LogP contribution in [0.3, 0.4) is 0 Å². The van der Waals surface area contributed by atoms with E-state index in [4.69, 9.17) is 0 Å². The van der Waals surface area contributed by atoms with Crippen LogP contribution in [0.25, 0.3) is 0 Å². The molecule has 1 aliphatic rings. The Kier molecular flexibility index (Phi) is 6.18. The van der Waals surface area contributed by atoms with Crippen molar-refractivity contribution >= 4 is 5.91 Å². The minimum atomic E-state index is -0.719. The zero-order valence-electron chi connectivity index (χ0n) is 11.8. The van der Waals surface area contributed by atoms with Crippen molar-refractivity contribution in [1.82, 2.24) is 5.32 Å². The number of amides is 1. The van der Waals surface area contributed by atoms with Crippen LogP contribution in [0.5, 0.6) is 0 Å². The van der Waals surface area contributed by atoms with Crippen LogP contribution in [0.4, 0.5) is 0 Å². The normalized spacial score (nSPS) is 19.2. The maximum Gasteiger partial charge on any atom is 0.240 e. The fourth-order valence-electron chi connectivity index (χ4n) is 2.72. The van der Waals surface area contributed by atoms with Crippen molar-refractivity contribution in [1.29, 1.82) is 5.26 Å². The second kappa shape index (κ2) is 7.41. The zero-order chi connectivity index (χ0) is 13.4. The molecule has 1 atom stereocenters. The molecular weight excluding hydrogens is 224 g/mol. The number of rotatable bonds is 7. The van der Waals surface area contributed by atoms with E-state index in [0.29, 0.717) is 5.92 Å². The molecule has 102 valence electrons. The largest absolute Gasteiger partial charge is 0.354 e. The Morgan fingerprint density at radius 3 is 2.56 bits per heavy atom. The Hall–Kier alpha value is -1.04. The average Bonchev–Trinajstić information content (AvgIpc) is 2.88. The second-order valence-electron chi connectivity index (χ2n) is 5.53. The Morgan fingerprint density at radius 1 is 1.39 bits per heavy atom. The van der Waals surface area contributed by atoms with Crippen LogP contribution in [-0.4, -0.2) is 12.5 Å². The van der Waals surface area contributed by atoms with E-state index in [-0.39, 0.29) is 5.91 Å². The van der Waals surface area contributed by atoms with E-state index >= 15 is 0 Å². The van der Waals surface area contributed by atoms with Crippen molar-refractivity contribution in [3.05, 3.63) is 0 Å². The first-order chi connectivity index (χ1) is 8.68. The van der Waals surface area contributed by atoms with Gasteiger partial charge in [-0.1, -0.05) is 46.0 Å². The number of hydrogen-bond donors (Lipinski definition) is 1. The predicted molar refractivity (Wildman–Crippen MR) is 72.8 cm³/mol. The lowest BCUT2D eigenvalue weighted by Crippen LogP contribution is -2.40. The van der Waals surface area contributed by atoms with Gasteiger partial charge in [-0.25, -0.2) is 0 Å². The lowest BCUT2D eigenvalue weighted by Gasteiger charge is -2.22. The quantitative estimate of drug-likeness (QED) is 0.753. The number of carbonyl (C=O) groups excluding carboxylic acids is 1. The van der Waals surface area contributed by atoms with Crippen molar-refractivity contribution in [3.63, 3.8) is 0 Å². The van der Waals surface area contributed by atoms with Gasteiger partial charge in [0, 0.05) is 6.54 Å². The van der Waals surface area contributed by atoms with Gasteiger partial charge in [0.05, 0.1) is 6.07 Å². The molecule has 0 radical (unpaired) electrons. The summed E-state index contributed by atoms with van der Waals surface area (Å²) in [5.74, 6) is 0.531. The van der Waals surface area contributed by atoms with Crippen LogP contribution < -0.4 is 5.32 Å². The maximum atomic E-state index is 12.2. The monoisotopic (exact) mass is 250 g/mol. The van der Waals surface area contributed by atoms with Gasteiger partial charge in [-0.3, -0.25) is 4.79 Å². The van der Waals surface area contributed by atoms with Crippen LogP contribution in [0.15, 0.2) is 0 Å². The van der Waals surface area contributed by atoms with E-state index in [1.807, 2.05) is 0 Å². The van der Waals surface area contributed by atoms with Gasteiger partial charge in [0.15, 0.2) is 0 Å². The summed E-state index contributed by atoms with van der Waals surface area (Å²) in [5.41, 5.74) is -0.719. The molecule has 0 aliphatic heterocycles. The van der Waals surface area contributed by atoms with E-state index in [1.165, 1.54) is 19.3 Å². The molecular formula is C15H26N2O. The highest BCUT2D eigenvalue weighted by Gasteiger charge is 2.41. The van der Waals surface area contributed by atoms with Gasteiger partial charge >= 0.3 is 0 Å². The lowest BCUT2D eigenvalue weighted by atomic mass is 9.86. The smallest absolute Gasteiger partial charge is 0.240 e. The van der Waals surface area contributed by atoms with Gasteiger partial charge in [-0.15, -0.1) is 0 Å². The summed E-state index contributed by atoms with van der Waals surface area (Å²) in [6, 6.07) is 2.25. The Balaban J connectivity index is 2.42. The summed E-state index contributed by atoms with van der Waals surface area (Å²) in [4.78, 5) is 12.2. The molecule has 0 aromatic rings. The highest BCUT2D eigenvalue weighted by molar-refractivity contribution is 5.85. The minimum absolute atomic E-state index is 0.0301. The molecule has 1 amide bonds. The number of nitrogens with zero attached hydrogens (tertiary/aromatic N) is 1. The molecule has 0 aromatic carbocycles. The fourth-order valence-corrected chi connectivity index (χ4v) is 2.72. The SMILES string of the molecule is CCCCC(CC)CNC(=O)C1(C#N)CCCC1. The Labute approximate surface area is 111 Å². The number of hydrogen-bond acceptors (Lipinski definition) is 2. The third-order valence-electron chi connectivity index (χ3n) is 4.20. The molecule has 1 saturated carbocycles. The average molecular weight is 250 g/mol. The van der Waals surface area contributed by atoms with Gasteiger partial charge in [0.2, 0.25) is 5.91 Å². The summed E-state index contributed by atoms with van der Waals surface area (Å²) in [6.07, 6.45) is 8.18. The Morgan fingerprint density at radius 2 is 2.06 bits per heavy atom. The first-order valence-electron chi connectivity index (χ1n) is 7.38. The number of unbranched alkanes of at least 4 members (excludes halogenated alkanes) is 1. The highest BCUT2D eigenvalue weighted by Crippen LogP contribution is 2.37. The fraction of sp³-hybridized carbons (Fsp3) is 0.867. The molecule has 1 fully saturated rings. The third kappa shape index (κ3) is 3.73. The van der Waals surface area contributed by atoms with Crippen LogP contribution in [0, 0.1) is 22.7 Å². The van der Waals surface area contributed by atoms with Gasteiger partial charge in [-0.2, -0.15) is 5.26 Å². The summed E-state index contributed by atoms with van der Waals surface area (Å²) in [5, 5.41) is 12.3. The Bertz CT molecular complexity index is 300. The summed E-state index contributed by atoms with van der Waals surface area (Å²) in [7, 11) is 0. The van der Waals surface area contributed by atoms with Gasteiger partial charge in [0.25, 0.3) is 0 Å². The number of nitriles is 1. The van der Waals surface area contributed by atoms with Crippen LogP contribution in [0.1, 0.15) is 65.2 Å². The standard InChI is InChI=1S/C15H26N2O/c1-3-5-8-13(4-2)11-17-14(18)15(12-16)9-6-7-10-15/h13H,3-11H2,1-2H3,(H,17,18). The predicted octanol–water partition coefficient (Wildman–Crippen LogP) is 3.40. The molecule has 1 N–H and O–H groups in total. The first kappa shape index (κ1) is 15.0. The summed E-state index contributed by atoms with van der Waals surface area (Å²) < 4.78 is 0. The van der Waals surface area contributed by atoms with Crippen molar-refractivity contribution in [3.8, 4) is 6.07 Å². The molecule has 3 nitrogen and oxygen atoms in total. The van der Waals surface area contributed by atoms with Crippen LogP contribution >= 0.6 is 0 Å². The maximum absolute atomic E-state index is 12.2. The molecule has 1 rings (SSSR count). The van der Waals surface area contributed by atoms with Crippen molar-refractivity contribution in [2.75, 3.05) is 6.54 Å². The van der Waals surface area contributed by atoms with E-state index in [9.17, 15) is 10.1 Å². The van der Waals surface area contributed by atoms with Crippen molar-refractivity contribution in [2.24, 2.45) is 11.3 Å². The number of nitrogens with one attached hydrogen (secondary N) is 1. The molecule has 1 unspecified atom stereocenters. The molecule has 0 bridgehead atoms. The second-order valence-corrected chi connectivity index (χ2v) is 5.53.